The van der Waals surface area contributed by atoms with Crippen LogP contribution in [0.1, 0.15) is 27.4 Å². The number of alkyl halides is 3. The number of aromatic nitrogens is 4. The first-order chi connectivity index (χ1) is 13.5. The van der Waals surface area contributed by atoms with E-state index in [-0.39, 0.29) is 28.4 Å². The average Bonchev–Trinajstić information content (AvgIpc) is 3.16. The maximum atomic E-state index is 14.8. The van der Waals surface area contributed by atoms with E-state index in [2.05, 4.69) is 32.3 Å². The number of imidazole rings is 1. The Morgan fingerprint density at radius 2 is 2.03 bits per heavy atom. The molecule has 1 aromatic carbocycles. The number of fused-ring (bicyclic) bond motifs is 1. The summed E-state index contributed by atoms with van der Waals surface area (Å²) in [6.07, 6.45) is -4.60. The second-order valence-electron chi connectivity index (χ2n) is 5.96. The van der Waals surface area contributed by atoms with E-state index in [4.69, 9.17) is 5.73 Å². The number of nitrogens with one attached hydrogen (secondary N) is 2. The molecule has 2 aromatic heterocycles. The van der Waals surface area contributed by atoms with Gasteiger partial charge in [-0.1, -0.05) is 5.92 Å². The van der Waals surface area contributed by atoms with Gasteiger partial charge in [-0.05, 0) is 12.8 Å². The van der Waals surface area contributed by atoms with Gasteiger partial charge in [-0.2, -0.15) is 18.3 Å². The Labute approximate surface area is 160 Å². The molecule has 0 aliphatic carbocycles. The molecule has 1 amide bonds. The summed E-state index contributed by atoms with van der Waals surface area (Å²) in [5, 5.41) is 8.78. The normalized spacial score (nSPS) is 11.4. The molecule has 0 unspecified atom stereocenters. The Balaban J connectivity index is 2.14. The average molecular weight is 412 g/mol. The number of primary amides is 1. The summed E-state index contributed by atoms with van der Waals surface area (Å²) in [4.78, 5) is 15.3. The highest BCUT2D eigenvalue weighted by molar-refractivity contribution is 5.99. The van der Waals surface area contributed by atoms with Gasteiger partial charge >= 0.3 is 6.18 Å². The Morgan fingerprint density at radius 3 is 2.62 bits per heavy atom. The van der Waals surface area contributed by atoms with Crippen molar-refractivity contribution in [1.29, 1.82) is 0 Å². The predicted molar refractivity (Wildman–Crippen MR) is 93.1 cm³/mol. The lowest BCUT2D eigenvalue weighted by atomic mass is 10.1. The van der Waals surface area contributed by atoms with E-state index in [1.165, 1.54) is 14.0 Å². The first kappa shape index (κ1) is 20.1. The van der Waals surface area contributed by atoms with Gasteiger partial charge in [0, 0.05) is 13.1 Å². The topological polar surface area (TPSA) is 102 Å². The summed E-state index contributed by atoms with van der Waals surface area (Å²) < 4.78 is 68.1. The molecule has 0 spiro atoms. The van der Waals surface area contributed by atoms with Crippen molar-refractivity contribution < 1.29 is 26.7 Å². The van der Waals surface area contributed by atoms with E-state index >= 15 is 0 Å². The number of hydrogen-bond acceptors (Lipinski definition) is 4. The summed E-state index contributed by atoms with van der Waals surface area (Å²) in [6.45, 7) is -0.195. The van der Waals surface area contributed by atoms with Crippen molar-refractivity contribution in [3.8, 4) is 11.8 Å². The molecule has 0 fully saturated rings. The van der Waals surface area contributed by atoms with Crippen molar-refractivity contribution in [3.05, 3.63) is 40.3 Å². The van der Waals surface area contributed by atoms with Gasteiger partial charge in [0.15, 0.2) is 11.6 Å². The van der Waals surface area contributed by atoms with Crippen molar-refractivity contribution >= 4 is 22.8 Å². The van der Waals surface area contributed by atoms with Crippen LogP contribution in [0.3, 0.4) is 0 Å². The SMILES string of the molecule is CNc1n[nH]c(C#Cc2c(F)cc3c(nc(C)n3CC(F)(F)F)c2F)c1C(N)=O. The van der Waals surface area contributed by atoms with Gasteiger partial charge in [0.25, 0.3) is 5.91 Å². The number of carbonyl (C=O) groups is 1. The molecule has 0 aliphatic rings. The van der Waals surface area contributed by atoms with E-state index in [0.717, 1.165) is 6.07 Å². The van der Waals surface area contributed by atoms with Crippen LogP contribution >= 0.6 is 0 Å². The Kier molecular flexibility index (Phi) is 4.91. The van der Waals surface area contributed by atoms with Gasteiger partial charge in [0.05, 0.1) is 11.1 Å². The van der Waals surface area contributed by atoms with Crippen LogP contribution in [0.2, 0.25) is 0 Å². The van der Waals surface area contributed by atoms with E-state index in [1.807, 2.05) is 0 Å². The second-order valence-corrected chi connectivity index (χ2v) is 5.96. The van der Waals surface area contributed by atoms with Crippen LogP contribution < -0.4 is 11.1 Å². The number of halogens is 5. The predicted octanol–water partition coefficient (Wildman–Crippen LogP) is 2.45. The van der Waals surface area contributed by atoms with Gasteiger partial charge in [-0.3, -0.25) is 9.89 Å². The molecule has 29 heavy (non-hydrogen) atoms. The highest BCUT2D eigenvalue weighted by atomic mass is 19.4. The lowest BCUT2D eigenvalue weighted by Gasteiger charge is -2.10. The highest BCUT2D eigenvalue weighted by Crippen LogP contribution is 2.27. The molecular weight excluding hydrogens is 399 g/mol. The van der Waals surface area contributed by atoms with Crippen LogP contribution in [0, 0.1) is 30.4 Å². The van der Waals surface area contributed by atoms with Gasteiger partial charge < -0.3 is 15.6 Å². The molecule has 3 aromatic rings. The Bertz CT molecular complexity index is 1180. The molecule has 7 nitrogen and oxygen atoms in total. The summed E-state index contributed by atoms with van der Waals surface area (Å²) in [7, 11) is 1.48. The summed E-state index contributed by atoms with van der Waals surface area (Å²) in [6, 6.07) is 0.731. The maximum Gasteiger partial charge on any atom is 0.406 e. The fraction of sp³-hybridized carbons (Fsp3) is 0.235. The zero-order valence-electron chi connectivity index (χ0n) is 15.0. The number of benzene rings is 1. The molecule has 0 atom stereocenters. The highest BCUT2D eigenvalue weighted by Gasteiger charge is 2.30. The van der Waals surface area contributed by atoms with Crippen molar-refractivity contribution in [2.24, 2.45) is 5.73 Å². The first-order valence-electron chi connectivity index (χ1n) is 8.03. The van der Waals surface area contributed by atoms with Crippen LogP contribution in [0.4, 0.5) is 27.8 Å². The monoisotopic (exact) mass is 412 g/mol. The fourth-order valence-corrected chi connectivity index (χ4v) is 2.78. The lowest BCUT2D eigenvalue weighted by Crippen LogP contribution is -2.18. The molecule has 4 N–H and O–H groups in total. The van der Waals surface area contributed by atoms with Crippen molar-refractivity contribution in [2.45, 2.75) is 19.6 Å². The Morgan fingerprint density at radius 1 is 1.34 bits per heavy atom. The number of H-pyrrole nitrogens is 1. The minimum Gasteiger partial charge on any atom is -0.371 e. The lowest BCUT2D eigenvalue weighted by molar-refractivity contribution is -0.140. The molecule has 0 aliphatic heterocycles. The van der Waals surface area contributed by atoms with Crippen LogP contribution in [-0.2, 0) is 6.54 Å². The molecule has 12 heteroatoms. The third-order valence-electron chi connectivity index (χ3n) is 4.03. The Hall–Kier alpha value is -3.62. The van der Waals surface area contributed by atoms with Crippen molar-refractivity contribution in [1.82, 2.24) is 19.7 Å². The third-order valence-corrected chi connectivity index (χ3v) is 4.03. The van der Waals surface area contributed by atoms with Gasteiger partial charge in [0.2, 0.25) is 0 Å². The smallest absolute Gasteiger partial charge is 0.371 e. The third kappa shape index (κ3) is 3.71. The van der Waals surface area contributed by atoms with Gasteiger partial charge in [0.1, 0.15) is 35.0 Å². The number of nitrogens with two attached hydrogens (primary N) is 1. The molecule has 0 saturated heterocycles. The summed E-state index contributed by atoms with van der Waals surface area (Å²) in [5.74, 6) is 1.28. The van der Waals surface area contributed by atoms with E-state index < -0.39 is 41.3 Å². The van der Waals surface area contributed by atoms with Crippen molar-refractivity contribution in [2.75, 3.05) is 12.4 Å². The molecule has 0 radical (unpaired) electrons. The number of aryl methyl sites for hydroxylation is 1. The van der Waals surface area contributed by atoms with Gasteiger partial charge in [-0.15, -0.1) is 0 Å². The fourth-order valence-electron chi connectivity index (χ4n) is 2.78. The van der Waals surface area contributed by atoms with E-state index in [1.54, 1.807) is 0 Å². The zero-order valence-corrected chi connectivity index (χ0v) is 15.0. The number of nitrogens with zero attached hydrogens (tertiary/aromatic N) is 3. The van der Waals surface area contributed by atoms with Crippen LogP contribution in [0.25, 0.3) is 11.0 Å². The van der Waals surface area contributed by atoms with E-state index in [9.17, 15) is 26.7 Å². The molecule has 0 bridgehead atoms. The number of amides is 1. The largest absolute Gasteiger partial charge is 0.406 e. The molecule has 152 valence electrons. The maximum absolute atomic E-state index is 14.8. The molecule has 3 rings (SSSR count). The molecular formula is C17H13F5N6O. The second kappa shape index (κ2) is 7.08. The number of anilines is 1. The quantitative estimate of drug-likeness (QED) is 0.454. The number of aromatic amines is 1. The van der Waals surface area contributed by atoms with Crippen LogP contribution in [-0.4, -0.2) is 38.9 Å². The number of carbonyl (C=O) groups excluding carboxylic acids is 1. The standard InChI is InChI=1S/C17H13F5N6O/c1-7-25-14-11(28(7)6-17(20,21)22)5-9(18)8(13(14)19)3-4-10-12(15(23)29)16(24-2)27-26-10/h5H,6H2,1-2H3,(H2,23,29)(H2,24,26,27). The summed E-state index contributed by atoms with van der Waals surface area (Å²) >= 11 is 0. The van der Waals surface area contributed by atoms with Crippen molar-refractivity contribution in [3.63, 3.8) is 0 Å². The van der Waals surface area contributed by atoms with E-state index in [0.29, 0.717) is 4.57 Å². The minimum atomic E-state index is -4.60. The number of hydrogen-bond donors (Lipinski definition) is 3. The zero-order chi connectivity index (χ0) is 21.5. The first-order valence-corrected chi connectivity index (χ1v) is 8.03. The minimum absolute atomic E-state index is 0.0838. The van der Waals surface area contributed by atoms with Crippen LogP contribution in [0.15, 0.2) is 6.07 Å². The van der Waals surface area contributed by atoms with Gasteiger partial charge in [-0.25, -0.2) is 13.8 Å². The molecule has 0 saturated carbocycles. The molecule has 2 heterocycles. The summed E-state index contributed by atoms with van der Waals surface area (Å²) in [5.41, 5.74) is 3.54. The number of rotatable bonds is 3. The van der Waals surface area contributed by atoms with Crippen LogP contribution in [0.5, 0.6) is 0 Å².